The molecule has 0 spiro atoms. The molecule has 2 aromatic heterocycles. The fourth-order valence-corrected chi connectivity index (χ4v) is 1.99. The molecule has 0 unspecified atom stereocenters. The smallest absolute Gasteiger partial charge is 0.368 e. The average Bonchev–Trinajstić information content (AvgIpc) is 2.87. The van der Waals surface area contributed by atoms with Gasteiger partial charge in [-0.3, -0.25) is 0 Å². The number of aryl methyl sites for hydroxylation is 1. The standard InChI is InChI=1S/C12H13ClF3N5/c1-2-21-7-19-20-10(21)3-4-17-11-9(13)5-8(6-18-11)12(14,15)16/h5-7H,2-4H2,1H3,(H,17,18). The van der Waals surface area contributed by atoms with Gasteiger partial charge in [-0.1, -0.05) is 11.6 Å². The maximum absolute atomic E-state index is 12.5. The lowest BCUT2D eigenvalue weighted by atomic mass is 10.2. The summed E-state index contributed by atoms with van der Waals surface area (Å²) in [6.07, 6.45) is -1.51. The Morgan fingerprint density at radius 2 is 2.14 bits per heavy atom. The molecule has 0 saturated heterocycles. The highest BCUT2D eigenvalue weighted by molar-refractivity contribution is 6.32. The Morgan fingerprint density at radius 3 is 2.76 bits per heavy atom. The van der Waals surface area contributed by atoms with Crippen LogP contribution in [0.2, 0.25) is 5.02 Å². The van der Waals surface area contributed by atoms with Gasteiger partial charge in [-0.05, 0) is 13.0 Å². The number of nitrogens with one attached hydrogen (secondary N) is 1. The van der Waals surface area contributed by atoms with E-state index in [0.717, 1.165) is 24.6 Å². The van der Waals surface area contributed by atoms with Crippen molar-refractivity contribution in [2.75, 3.05) is 11.9 Å². The van der Waals surface area contributed by atoms with Gasteiger partial charge in [0.05, 0.1) is 10.6 Å². The maximum Gasteiger partial charge on any atom is 0.417 e. The summed E-state index contributed by atoms with van der Waals surface area (Å²) in [7, 11) is 0. The second-order valence-corrected chi connectivity index (χ2v) is 4.67. The van der Waals surface area contributed by atoms with Crippen LogP contribution >= 0.6 is 11.6 Å². The summed E-state index contributed by atoms with van der Waals surface area (Å²) >= 11 is 5.80. The third-order valence-electron chi connectivity index (χ3n) is 2.85. The van der Waals surface area contributed by atoms with Crippen LogP contribution in [0.3, 0.4) is 0 Å². The Morgan fingerprint density at radius 1 is 1.38 bits per heavy atom. The van der Waals surface area contributed by atoms with Gasteiger partial charge in [-0.2, -0.15) is 13.2 Å². The summed E-state index contributed by atoms with van der Waals surface area (Å²) in [4.78, 5) is 3.70. The van der Waals surface area contributed by atoms with Crippen LogP contribution in [-0.2, 0) is 19.1 Å². The molecular weight excluding hydrogens is 307 g/mol. The molecular formula is C12H13ClF3N5. The molecule has 0 atom stereocenters. The van der Waals surface area contributed by atoms with E-state index in [9.17, 15) is 13.2 Å². The summed E-state index contributed by atoms with van der Waals surface area (Å²) in [6, 6.07) is 0.853. The van der Waals surface area contributed by atoms with Gasteiger partial charge >= 0.3 is 6.18 Å². The van der Waals surface area contributed by atoms with Gasteiger partial charge in [0.15, 0.2) is 0 Å². The van der Waals surface area contributed by atoms with Gasteiger partial charge < -0.3 is 9.88 Å². The minimum Gasteiger partial charge on any atom is -0.368 e. The van der Waals surface area contributed by atoms with Gasteiger partial charge in [0.2, 0.25) is 0 Å². The molecule has 2 heterocycles. The van der Waals surface area contributed by atoms with E-state index in [4.69, 9.17) is 11.6 Å². The van der Waals surface area contributed by atoms with Crippen molar-refractivity contribution in [3.63, 3.8) is 0 Å². The van der Waals surface area contributed by atoms with Gasteiger partial charge in [0.1, 0.15) is 18.0 Å². The van der Waals surface area contributed by atoms with Crippen LogP contribution in [-0.4, -0.2) is 26.3 Å². The number of nitrogens with zero attached hydrogens (tertiary/aromatic N) is 4. The number of pyridine rings is 1. The first-order valence-corrected chi connectivity index (χ1v) is 6.63. The topological polar surface area (TPSA) is 55.6 Å². The molecule has 5 nitrogen and oxygen atoms in total. The number of hydrogen-bond donors (Lipinski definition) is 1. The van der Waals surface area contributed by atoms with E-state index in [1.54, 1.807) is 6.33 Å². The Kier molecular flexibility index (Phi) is 4.66. The van der Waals surface area contributed by atoms with Crippen molar-refractivity contribution in [3.8, 4) is 0 Å². The largest absolute Gasteiger partial charge is 0.417 e. The average molecular weight is 320 g/mol. The normalized spacial score (nSPS) is 11.7. The molecule has 0 aliphatic rings. The minimum absolute atomic E-state index is 0.0678. The maximum atomic E-state index is 12.5. The van der Waals surface area contributed by atoms with E-state index in [1.165, 1.54) is 0 Å². The summed E-state index contributed by atoms with van der Waals surface area (Å²) in [5.74, 6) is 1.00. The third kappa shape index (κ3) is 3.84. The molecule has 0 aromatic carbocycles. The molecule has 0 radical (unpaired) electrons. The summed E-state index contributed by atoms with van der Waals surface area (Å²) < 4.78 is 39.3. The summed E-state index contributed by atoms with van der Waals surface area (Å²) in [5.41, 5.74) is -0.872. The predicted octanol–water partition coefficient (Wildman–Crippen LogP) is 3.02. The molecule has 0 saturated carbocycles. The molecule has 21 heavy (non-hydrogen) atoms. The fraction of sp³-hybridized carbons (Fsp3) is 0.417. The zero-order valence-corrected chi connectivity index (χ0v) is 11.9. The highest BCUT2D eigenvalue weighted by Gasteiger charge is 2.31. The highest BCUT2D eigenvalue weighted by Crippen LogP contribution is 2.32. The Balaban J connectivity index is 1.98. The van der Waals surface area contributed by atoms with E-state index >= 15 is 0 Å². The molecule has 0 amide bonds. The van der Waals surface area contributed by atoms with Crippen molar-refractivity contribution >= 4 is 17.4 Å². The Hall–Kier alpha value is -1.83. The van der Waals surface area contributed by atoms with Crippen molar-refractivity contribution in [2.45, 2.75) is 26.1 Å². The van der Waals surface area contributed by atoms with Crippen molar-refractivity contribution in [1.29, 1.82) is 0 Å². The number of hydrogen-bond acceptors (Lipinski definition) is 4. The molecule has 0 aliphatic carbocycles. The summed E-state index contributed by atoms with van der Waals surface area (Å²) in [6.45, 7) is 3.16. The van der Waals surface area contributed by atoms with Gasteiger partial charge in [0.25, 0.3) is 0 Å². The predicted molar refractivity (Wildman–Crippen MR) is 72.1 cm³/mol. The fourth-order valence-electron chi connectivity index (χ4n) is 1.75. The van der Waals surface area contributed by atoms with Crippen LogP contribution in [0.4, 0.5) is 19.0 Å². The van der Waals surface area contributed by atoms with Gasteiger partial charge in [-0.15, -0.1) is 10.2 Å². The first-order chi connectivity index (χ1) is 9.91. The third-order valence-corrected chi connectivity index (χ3v) is 3.13. The molecule has 0 fully saturated rings. The lowest BCUT2D eigenvalue weighted by Gasteiger charge is -2.10. The van der Waals surface area contributed by atoms with Gasteiger partial charge in [-0.25, -0.2) is 4.98 Å². The molecule has 1 N–H and O–H groups in total. The molecule has 2 rings (SSSR count). The van der Waals surface area contributed by atoms with Gasteiger partial charge in [0, 0.05) is 25.7 Å². The number of aromatic nitrogens is 4. The Bertz CT molecular complexity index is 611. The number of rotatable bonds is 5. The van der Waals surface area contributed by atoms with Crippen molar-refractivity contribution in [2.24, 2.45) is 0 Å². The van der Waals surface area contributed by atoms with Crippen LogP contribution in [0, 0.1) is 0 Å². The molecule has 0 bridgehead atoms. The SMILES string of the molecule is CCn1cnnc1CCNc1ncc(C(F)(F)F)cc1Cl. The molecule has 9 heteroatoms. The number of alkyl halides is 3. The number of anilines is 1. The lowest BCUT2D eigenvalue weighted by molar-refractivity contribution is -0.137. The summed E-state index contributed by atoms with van der Waals surface area (Å²) in [5, 5.41) is 10.6. The Labute approximate surface area is 124 Å². The van der Waals surface area contributed by atoms with E-state index < -0.39 is 11.7 Å². The first-order valence-electron chi connectivity index (χ1n) is 6.25. The second-order valence-electron chi connectivity index (χ2n) is 4.26. The lowest BCUT2D eigenvalue weighted by Crippen LogP contribution is -2.12. The zero-order chi connectivity index (χ0) is 15.5. The number of halogens is 4. The molecule has 114 valence electrons. The van der Waals surface area contributed by atoms with Crippen LogP contribution in [0.1, 0.15) is 18.3 Å². The van der Waals surface area contributed by atoms with Crippen LogP contribution in [0.25, 0.3) is 0 Å². The van der Waals surface area contributed by atoms with E-state index in [2.05, 4.69) is 20.5 Å². The highest BCUT2D eigenvalue weighted by atomic mass is 35.5. The first kappa shape index (κ1) is 15.6. The van der Waals surface area contributed by atoms with E-state index in [-0.39, 0.29) is 10.8 Å². The van der Waals surface area contributed by atoms with Crippen LogP contribution in [0.15, 0.2) is 18.6 Å². The van der Waals surface area contributed by atoms with Crippen molar-refractivity contribution in [1.82, 2.24) is 19.7 Å². The minimum atomic E-state index is -4.45. The van der Waals surface area contributed by atoms with Crippen LogP contribution < -0.4 is 5.32 Å². The quantitative estimate of drug-likeness (QED) is 0.920. The zero-order valence-electron chi connectivity index (χ0n) is 11.2. The van der Waals surface area contributed by atoms with Crippen molar-refractivity contribution < 1.29 is 13.2 Å². The second kappa shape index (κ2) is 6.30. The van der Waals surface area contributed by atoms with E-state index in [1.807, 2.05) is 11.5 Å². The molecule has 2 aromatic rings. The van der Waals surface area contributed by atoms with Crippen LogP contribution in [0.5, 0.6) is 0 Å². The van der Waals surface area contributed by atoms with Crippen molar-refractivity contribution in [3.05, 3.63) is 35.0 Å². The monoisotopic (exact) mass is 319 g/mol. The van der Waals surface area contributed by atoms with E-state index in [0.29, 0.717) is 13.0 Å². The molecule has 0 aliphatic heterocycles.